The van der Waals surface area contributed by atoms with Crippen molar-refractivity contribution in [3.63, 3.8) is 0 Å². The number of hydrazine groups is 1. The Hall–Kier alpha value is -2.40. The van der Waals surface area contributed by atoms with E-state index >= 15 is 0 Å². The highest BCUT2D eigenvalue weighted by Gasteiger charge is 2.11. The fourth-order valence-electron chi connectivity index (χ4n) is 1.80. The molecule has 5 nitrogen and oxygen atoms in total. The van der Waals surface area contributed by atoms with Crippen LogP contribution in [0.5, 0.6) is 0 Å². The van der Waals surface area contributed by atoms with Gasteiger partial charge in [0.2, 0.25) is 0 Å². The van der Waals surface area contributed by atoms with Gasteiger partial charge in [0.15, 0.2) is 0 Å². The van der Waals surface area contributed by atoms with Crippen molar-refractivity contribution in [1.29, 1.82) is 0 Å². The molecule has 0 saturated heterocycles. The maximum atomic E-state index is 12.2. The molecule has 0 aliphatic heterocycles. The molecular weight excluding hydrogens is 240 g/mol. The minimum absolute atomic E-state index is 0.222. The second-order valence-corrected chi connectivity index (χ2v) is 4.40. The number of anilines is 2. The van der Waals surface area contributed by atoms with Crippen molar-refractivity contribution in [3.8, 4) is 0 Å². The molecule has 1 aromatic heterocycles. The van der Waals surface area contributed by atoms with Gasteiger partial charge in [-0.2, -0.15) is 0 Å². The van der Waals surface area contributed by atoms with Gasteiger partial charge in [-0.05, 0) is 43.2 Å². The first-order chi connectivity index (χ1) is 9.10. The van der Waals surface area contributed by atoms with Crippen LogP contribution in [0.4, 0.5) is 11.4 Å². The number of hydrogen-bond donors (Lipinski definition) is 3. The van der Waals surface area contributed by atoms with Crippen molar-refractivity contribution < 1.29 is 4.79 Å². The van der Waals surface area contributed by atoms with E-state index in [0.29, 0.717) is 16.9 Å². The Balaban J connectivity index is 2.25. The minimum atomic E-state index is -0.222. The van der Waals surface area contributed by atoms with E-state index in [-0.39, 0.29) is 5.91 Å². The molecule has 1 heterocycles. The highest BCUT2D eigenvalue weighted by Crippen LogP contribution is 2.18. The second-order valence-electron chi connectivity index (χ2n) is 4.40. The quantitative estimate of drug-likeness (QED) is 0.581. The van der Waals surface area contributed by atoms with Gasteiger partial charge in [-0.1, -0.05) is 6.07 Å². The average Bonchev–Trinajstić information content (AvgIpc) is 2.38. The van der Waals surface area contributed by atoms with Gasteiger partial charge in [-0.15, -0.1) is 0 Å². The SMILES string of the molecule is Cc1cncc(NC(=O)c2ccc(C)cc2NN)c1. The predicted octanol–water partition coefficient (Wildman–Crippen LogP) is 2.24. The van der Waals surface area contributed by atoms with Crippen molar-refractivity contribution in [2.24, 2.45) is 5.84 Å². The molecule has 0 aliphatic carbocycles. The van der Waals surface area contributed by atoms with E-state index < -0.39 is 0 Å². The Morgan fingerprint density at radius 2 is 1.95 bits per heavy atom. The Morgan fingerprint density at radius 1 is 1.16 bits per heavy atom. The monoisotopic (exact) mass is 256 g/mol. The Kier molecular flexibility index (Phi) is 3.77. The van der Waals surface area contributed by atoms with E-state index in [4.69, 9.17) is 5.84 Å². The first-order valence-electron chi connectivity index (χ1n) is 5.90. The summed E-state index contributed by atoms with van der Waals surface area (Å²) in [6.45, 7) is 3.86. The van der Waals surface area contributed by atoms with Crippen LogP contribution >= 0.6 is 0 Å². The standard InChI is InChI=1S/C14H16N4O/c1-9-3-4-12(13(6-9)18-15)14(19)17-11-5-10(2)7-16-8-11/h3-8,18H,15H2,1-2H3,(H,17,19). The van der Waals surface area contributed by atoms with Gasteiger partial charge in [0.1, 0.15) is 0 Å². The maximum absolute atomic E-state index is 12.2. The third-order valence-electron chi connectivity index (χ3n) is 2.71. The highest BCUT2D eigenvalue weighted by molar-refractivity contribution is 6.08. The molecular formula is C14H16N4O. The number of hydrogen-bond acceptors (Lipinski definition) is 4. The largest absolute Gasteiger partial charge is 0.323 e. The molecule has 0 saturated carbocycles. The van der Waals surface area contributed by atoms with Crippen LogP contribution in [-0.2, 0) is 0 Å². The number of amides is 1. The zero-order chi connectivity index (χ0) is 13.8. The first kappa shape index (κ1) is 13.0. The second kappa shape index (κ2) is 5.49. The molecule has 1 amide bonds. The Bertz CT molecular complexity index is 610. The molecule has 0 unspecified atom stereocenters. The number of pyridine rings is 1. The molecule has 1 aromatic carbocycles. The summed E-state index contributed by atoms with van der Waals surface area (Å²) in [7, 11) is 0. The fraction of sp³-hybridized carbons (Fsp3) is 0.143. The number of rotatable bonds is 3. The Labute approximate surface area is 111 Å². The zero-order valence-corrected chi connectivity index (χ0v) is 10.9. The molecule has 4 N–H and O–H groups in total. The molecule has 2 rings (SSSR count). The molecule has 0 radical (unpaired) electrons. The number of nitrogens with zero attached hydrogens (tertiary/aromatic N) is 1. The third kappa shape index (κ3) is 3.08. The van der Waals surface area contributed by atoms with E-state index in [1.807, 2.05) is 32.0 Å². The van der Waals surface area contributed by atoms with Crippen LogP contribution in [0.1, 0.15) is 21.5 Å². The summed E-state index contributed by atoms with van der Waals surface area (Å²) in [4.78, 5) is 16.2. The van der Waals surface area contributed by atoms with Gasteiger partial charge in [-0.3, -0.25) is 15.6 Å². The number of aromatic nitrogens is 1. The predicted molar refractivity (Wildman–Crippen MR) is 75.9 cm³/mol. The van der Waals surface area contributed by atoms with Gasteiger partial charge in [0.25, 0.3) is 5.91 Å². The third-order valence-corrected chi connectivity index (χ3v) is 2.71. The van der Waals surface area contributed by atoms with Crippen LogP contribution in [0, 0.1) is 13.8 Å². The van der Waals surface area contributed by atoms with Crippen LogP contribution in [0.2, 0.25) is 0 Å². The van der Waals surface area contributed by atoms with Crippen LogP contribution in [-0.4, -0.2) is 10.9 Å². The summed E-state index contributed by atoms with van der Waals surface area (Å²) < 4.78 is 0. The fourth-order valence-corrected chi connectivity index (χ4v) is 1.80. The van der Waals surface area contributed by atoms with E-state index in [1.54, 1.807) is 18.5 Å². The summed E-state index contributed by atoms with van der Waals surface area (Å²) in [5, 5.41) is 2.80. The van der Waals surface area contributed by atoms with Crippen LogP contribution < -0.4 is 16.6 Å². The lowest BCUT2D eigenvalue weighted by atomic mass is 10.1. The average molecular weight is 256 g/mol. The normalized spacial score (nSPS) is 10.1. The van der Waals surface area contributed by atoms with Crippen molar-refractivity contribution in [2.75, 3.05) is 10.7 Å². The molecule has 98 valence electrons. The van der Waals surface area contributed by atoms with Gasteiger partial charge in [0.05, 0.1) is 23.1 Å². The number of nitrogens with one attached hydrogen (secondary N) is 2. The molecule has 19 heavy (non-hydrogen) atoms. The van der Waals surface area contributed by atoms with Crippen molar-refractivity contribution in [3.05, 3.63) is 53.3 Å². The topological polar surface area (TPSA) is 80.0 Å². The summed E-state index contributed by atoms with van der Waals surface area (Å²) in [5.74, 6) is 5.21. The molecule has 0 fully saturated rings. The number of carbonyl (C=O) groups excluding carboxylic acids is 1. The molecule has 5 heteroatoms. The van der Waals surface area contributed by atoms with Crippen molar-refractivity contribution in [1.82, 2.24) is 4.98 Å². The van der Waals surface area contributed by atoms with Gasteiger partial charge < -0.3 is 10.7 Å². The Morgan fingerprint density at radius 3 is 2.63 bits per heavy atom. The van der Waals surface area contributed by atoms with E-state index in [9.17, 15) is 4.79 Å². The summed E-state index contributed by atoms with van der Waals surface area (Å²) in [6.07, 6.45) is 3.34. The molecule has 0 atom stereocenters. The number of carbonyl (C=O) groups is 1. The lowest BCUT2D eigenvalue weighted by molar-refractivity contribution is 0.102. The summed E-state index contributed by atoms with van der Waals surface area (Å²) >= 11 is 0. The molecule has 2 aromatic rings. The van der Waals surface area contributed by atoms with E-state index in [2.05, 4.69) is 15.7 Å². The number of nitrogen functional groups attached to an aromatic ring is 1. The van der Waals surface area contributed by atoms with Gasteiger partial charge in [0, 0.05) is 6.20 Å². The number of nitrogens with two attached hydrogens (primary N) is 1. The lowest BCUT2D eigenvalue weighted by Crippen LogP contribution is -2.17. The zero-order valence-electron chi connectivity index (χ0n) is 10.9. The summed E-state index contributed by atoms with van der Waals surface area (Å²) in [5.41, 5.74) is 6.30. The van der Waals surface area contributed by atoms with Crippen molar-refractivity contribution in [2.45, 2.75) is 13.8 Å². The highest BCUT2D eigenvalue weighted by atomic mass is 16.1. The molecule has 0 spiro atoms. The number of aryl methyl sites for hydroxylation is 2. The van der Waals surface area contributed by atoms with Crippen LogP contribution in [0.15, 0.2) is 36.7 Å². The van der Waals surface area contributed by atoms with Crippen LogP contribution in [0.25, 0.3) is 0 Å². The maximum Gasteiger partial charge on any atom is 0.257 e. The molecule has 0 bridgehead atoms. The summed E-state index contributed by atoms with van der Waals surface area (Å²) in [6, 6.07) is 7.28. The lowest BCUT2D eigenvalue weighted by Gasteiger charge is -2.10. The first-order valence-corrected chi connectivity index (χ1v) is 5.90. The van der Waals surface area contributed by atoms with E-state index in [0.717, 1.165) is 11.1 Å². The van der Waals surface area contributed by atoms with Gasteiger partial charge in [-0.25, -0.2) is 0 Å². The smallest absolute Gasteiger partial charge is 0.257 e. The van der Waals surface area contributed by atoms with Crippen LogP contribution in [0.3, 0.4) is 0 Å². The molecule has 0 aliphatic rings. The van der Waals surface area contributed by atoms with Crippen molar-refractivity contribution >= 4 is 17.3 Å². The number of benzene rings is 1. The minimum Gasteiger partial charge on any atom is -0.323 e. The van der Waals surface area contributed by atoms with E-state index in [1.165, 1.54) is 0 Å². The van der Waals surface area contributed by atoms with Gasteiger partial charge >= 0.3 is 0 Å².